The van der Waals surface area contributed by atoms with Gasteiger partial charge < -0.3 is 4.74 Å². The zero-order valence-corrected chi connectivity index (χ0v) is 7.98. The van der Waals surface area contributed by atoms with Crippen molar-refractivity contribution in [1.29, 1.82) is 0 Å². The highest BCUT2D eigenvalue weighted by Gasteiger charge is 2.58. The second-order valence-electron chi connectivity index (χ2n) is 5.15. The van der Waals surface area contributed by atoms with Gasteiger partial charge in [-0.3, -0.25) is 0 Å². The lowest BCUT2D eigenvalue weighted by atomic mass is 9.71. The number of hydrogen-bond acceptors (Lipinski definition) is 1. The Bertz CT molecular complexity index is 181. The second kappa shape index (κ2) is 1.82. The molecule has 1 aliphatic carbocycles. The molecule has 1 heteroatoms. The Balaban J connectivity index is 2.24. The summed E-state index contributed by atoms with van der Waals surface area (Å²) in [5.41, 5.74) is 0.473. The van der Waals surface area contributed by atoms with Crippen LogP contribution in [-0.4, -0.2) is 12.2 Å². The fourth-order valence-electron chi connectivity index (χ4n) is 2.26. The molecule has 0 bridgehead atoms. The van der Waals surface area contributed by atoms with Crippen molar-refractivity contribution >= 4 is 0 Å². The molecule has 1 saturated carbocycles. The van der Waals surface area contributed by atoms with Gasteiger partial charge in [0.15, 0.2) is 0 Å². The average molecular weight is 154 g/mol. The van der Waals surface area contributed by atoms with Crippen molar-refractivity contribution in [3.05, 3.63) is 0 Å². The maximum atomic E-state index is 5.83. The van der Waals surface area contributed by atoms with Crippen molar-refractivity contribution < 1.29 is 4.74 Å². The standard InChI is InChI=1S/C10H18O/c1-9(2)8-5-7(8)6-11-10(9,3)4/h7-8H,5-6H2,1-4H3. The molecule has 11 heavy (non-hydrogen) atoms. The van der Waals surface area contributed by atoms with Crippen molar-refractivity contribution in [2.45, 2.75) is 39.7 Å². The van der Waals surface area contributed by atoms with Gasteiger partial charge in [0.2, 0.25) is 0 Å². The highest BCUT2D eigenvalue weighted by atomic mass is 16.5. The first-order chi connectivity index (χ1) is 4.95. The molecule has 0 aromatic rings. The Labute approximate surface area is 69.1 Å². The van der Waals surface area contributed by atoms with Crippen LogP contribution in [0.4, 0.5) is 0 Å². The molecular formula is C10H18O. The summed E-state index contributed by atoms with van der Waals surface area (Å²) >= 11 is 0. The second-order valence-corrected chi connectivity index (χ2v) is 5.15. The molecule has 2 fully saturated rings. The third-order valence-corrected chi connectivity index (χ3v) is 4.06. The lowest BCUT2D eigenvalue weighted by Gasteiger charge is -2.45. The molecule has 0 aromatic carbocycles. The first kappa shape index (κ1) is 7.60. The number of rotatable bonds is 0. The van der Waals surface area contributed by atoms with Crippen LogP contribution in [0.3, 0.4) is 0 Å². The van der Waals surface area contributed by atoms with Gasteiger partial charge in [0.05, 0.1) is 12.2 Å². The summed E-state index contributed by atoms with van der Waals surface area (Å²) in [5, 5.41) is 0. The molecule has 0 aromatic heterocycles. The van der Waals surface area contributed by atoms with Gasteiger partial charge in [0, 0.05) is 0 Å². The Morgan fingerprint density at radius 3 is 2.36 bits per heavy atom. The van der Waals surface area contributed by atoms with E-state index in [1.807, 2.05) is 0 Å². The van der Waals surface area contributed by atoms with Crippen LogP contribution in [0, 0.1) is 17.3 Å². The van der Waals surface area contributed by atoms with E-state index in [-0.39, 0.29) is 5.60 Å². The minimum atomic E-state index is 0.0880. The van der Waals surface area contributed by atoms with Crippen LogP contribution in [0.1, 0.15) is 34.1 Å². The summed E-state index contributed by atoms with van der Waals surface area (Å²) < 4.78 is 5.83. The lowest BCUT2D eigenvalue weighted by Crippen LogP contribution is -2.47. The zero-order valence-electron chi connectivity index (χ0n) is 7.98. The molecule has 1 aliphatic heterocycles. The molecule has 1 saturated heterocycles. The van der Waals surface area contributed by atoms with E-state index in [0.29, 0.717) is 5.41 Å². The molecule has 0 N–H and O–H groups in total. The molecular weight excluding hydrogens is 136 g/mol. The number of hydrogen-bond donors (Lipinski definition) is 0. The van der Waals surface area contributed by atoms with Crippen molar-refractivity contribution in [3.63, 3.8) is 0 Å². The predicted octanol–water partition coefficient (Wildman–Crippen LogP) is 2.46. The van der Waals surface area contributed by atoms with Crippen LogP contribution in [0.5, 0.6) is 0 Å². The van der Waals surface area contributed by atoms with Crippen LogP contribution < -0.4 is 0 Å². The van der Waals surface area contributed by atoms with Crippen LogP contribution in [0.25, 0.3) is 0 Å². The molecule has 0 amide bonds. The van der Waals surface area contributed by atoms with E-state index in [0.717, 1.165) is 18.4 Å². The van der Waals surface area contributed by atoms with Crippen molar-refractivity contribution in [2.75, 3.05) is 6.61 Å². The summed E-state index contributed by atoms with van der Waals surface area (Å²) in [6, 6.07) is 0. The predicted molar refractivity (Wildman–Crippen MR) is 45.4 cm³/mol. The third kappa shape index (κ3) is 0.868. The fourth-order valence-corrected chi connectivity index (χ4v) is 2.26. The molecule has 2 atom stereocenters. The first-order valence-electron chi connectivity index (χ1n) is 4.59. The Kier molecular flexibility index (Phi) is 1.26. The SMILES string of the molecule is CC1(C)OCC2CC2C1(C)C. The fraction of sp³-hybridized carbons (Fsp3) is 1.00. The van der Waals surface area contributed by atoms with Gasteiger partial charge in [0.25, 0.3) is 0 Å². The van der Waals surface area contributed by atoms with E-state index in [2.05, 4.69) is 27.7 Å². The molecule has 0 radical (unpaired) electrons. The maximum absolute atomic E-state index is 5.83. The van der Waals surface area contributed by atoms with E-state index >= 15 is 0 Å². The topological polar surface area (TPSA) is 9.23 Å². The van der Waals surface area contributed by atoms with E-state index < -0.39 is 0 Å². The highest BCUT2D eigenvalue weighted by Crippen LogP contribution is 2.60. The minimum Gasteiger partial charge on any atom is -0.375 e. The van der Waals surface area contributed by atoms with E-state index in [1.54, 1.807) is 0 Å². The largest absolute Gasteiger partial charge is 0.375 e. The van der Waals surface area contributed by atoms with Crippen molar-refractivity contribution in [3.8, 4) is 0 Å². The summed E-state index contributed by atoms with van der Waals surface area (Å²) in [7, 11) is 0. The van der Waals surface area contributed by atoms with Gasteiger partial charge in [-0.1, -0.05) is 13.8 Å². The number of ether oxygens (including phenoxy) is 1. The maximum Gasteiger partial charge on any atom is 0.0680 e. The van der Waals surface area contributed by atoms with Crippen LogP contribution in [-0.2, 0) is 4.74 Å². The monoisotopic (exact) mass is 154 g/mol. The average Bonchev–Trinajstić information content (AvgIpc) is 2.59. The van der Waals surface area contributed by atoms with Crippen LogP contribution in [0.15, 0.2) is 0 Å². The molecule has 64 valence electrons. The summed E-state index contributed by atoms with van der Waals surface area (Å²) in [5.74, 6) is 1.82. The Morgan fingerprint density at radius 1 is 1.18 bits per heavy atom. The summed E-state index contributed by atoms with van der Waals surface area (Å²) in [6.07, 6.45) is 1.40. The molecule has 2 unspecified atom stereocenters. The lowest BCUT2D eigenvalue weighted by molar-refractivity contribution is -0.139. The molecule has 1 nitrogen and oxygen atoms in total. The molecule has 0 spiro atoms. The summed E-state index contributed by atoms with van der Waals surface area (Å²) in [4.78, 5) is 0. The summed E-state index contributed by atoms with van der Waals surface area (Å²) in [6.45, 7) is 10.1. The quantitative estimate of drug-likeness (QED) is 0.521. The Morgan fingerprint density at radius 2 is 1.82 bits per heavy atom. The zero-order chi connectivity index (χ0) is 8.28. The van der Waals surface area contributed by atoms with Crippen molar-refractivity contribution in [1.82, 2.24) is 0 Å². The van der Waals surface area contributed by atoms with Gasteiger partial charge in [-0.15, -0.1) is 0 Å². The number of fused-ring (bicyclic) bond motifs is 1. The molecule has 2 rings (SSSR count). The minimum absolute atomic E-state index is 0.0880. The van der Waals surface area contributed by atoms with Crippen LogP contribution in [0.2, 0.25) is 0 Å². The van der Waals surface area contributed by atoms with Gasteiger partial charge in [0.1, 0.15) is 0 Å². The third-order valence-electron chi connectivity index (χ3n) is 4.06. The van der Waals surface area contributed by atoms with Gasteiger partial charge in [-0.05, 0) is 37.5 Å². The smallest absolute Gasteiger partial charge is 0.0680 e. The molecule has 2 aliphatic rings. The first-order valence-corrected chi connectivity index (χ1v) is 4.59. The highest BCUT2D eigenvalue weighted by molar-refractivity contribution is 5.06. The van der Waals surface area contributed by atoms with E-state index in [1.165, 1.54) is 6.42 Å². The van der Waals surface area contributed by atoms with E-state index in [9.17, 15) is 0 Å². The normalized spacial score (nSPS) is 44.7. The van der Waals surface area contributed by atoms with Gasteiger partial charge >= 0.3 is 0 Å². The molecule has 1 heterocycles. The van der Waals surface area contributed by atoms with Crippen molar-refractivity contribution in [2.24, 2.45) is 17.3 Å². The van der Waals surface area contributed by atoms with Gasteiger partial charge in [-0.25, -0.2) is 0 Å². The Hall–Kier alpha value is -0.0400. The van der Waals surface area contributed by atoms with Gasteiger partial charge in [-0.2, -0.15) is 0 Å². The van der Waals surface area contributed by atoms with E-state index in [4.69, 9.17) is 4.74 Å². The van der Waals surface area contributed by atoms with Crippen LogP contribution >= 0.6 is 0 Å².